The number of rotatable bonds is 4. The van der Waals surface area contributed by atoms with Crippen molar-refractivity contribution in [1.82, 2.24) is 25.3 Å². The standard InChI is InChI=1S/C24H22F3N7O2S/c1-2-14-9-16-21(31-23(32-22(16)37-14)34-7-5-28-18(35)11-34)33-6-3-15-17(10-33)29-20(13-4-8-36-12-13)30-19(15)24(25,26)27/h4,8-9,12H,2-3,5-7,10-11H2,1H3,(H,28,35). The van der Waals surface area contributed by atoms with Gasteiger partial charge in [-0.15, -0.1) is 11.3 Å². The minimum absolute atomic E-state index is 0.0293. The lowest BCUT2D eigenvalue weighted by atomic mass is 10.0. The number of alkyl halides is 3. The number of aryl methyl sites for hydroxylation is 1. The van der Waals surface area contributed by atoms with Crippen LogP contribution in [0.1, 0.15) is 28.8 Å². The Morgan fingerprint density at radius 3 is 2.73 bits per heavy atom. The number of fused-ring (bicyclic) bond motifs is 2. The van der Waals surface area contributed by atoms with Gasteiger partial charge in [0.25, 0.3) is 0 Å². The largest absolute Gasteiger partial charge is 0.472 e. The highest BCUT2D eigenvalue weighted by atomic mass is 32.1. The monoisotopic (exact) mass is 529 g/mol. The molecule has 1 amide bonds. The molecule has 13 heteroatoms. The third-order valence-electron chi connectivity index (χ3n) is 6.49. The van der Waals surface area contributed by atoms with Crippen molar-refractivity contribution >= 4 is 39.2 Å². The van der Waals surface area contributed by atoms with Gasteiger partial charge in [-0.3, -0.25) is 4.79 Å². The Balaban J connectivity index is 1.44. The van der Waals surface area contributed by atoms with Gasteiger partial charge in [-0.25, -0.2) is 15.0 Å². The van der Waals surface area contributed by atoms with Crippen LogP contribution in [-0.2, 0) is 30.4 Å². The van der Waals surface area contributed by atoms with E-state index in [0.29, 0.717) is 42.7 Å². The average Bonchev–Trinajstić information content (AvgIpc) is 3.56. The first-order valence-corrected chi connectivity index (χ1v) is 12.7. The lowest BCUT2D eigenvalue weighted by Gasteiger charge is -2.32. The fourth-order valence-electron chi connectivity index (χ4n) is 4.68. The average molecular weight is 530 g/mol. The van der Waals surface area contributed by atoms with E-state index in [1.807, 2.05) is 15.9 Å². The second-order valence-electron chi connectivity index (χ2n) is 8.91. The number of hydrogen-bond donors (Lipinski definition) is 1. The number of hydrogen-bond acceptors (Lipinski definition) is 9. The first-order chi connectivity index (χ1) is 17.8. The van der Waals surface area contributed by atoms with Crippen LogP contribution in [0.5, 0.6) is 0 Å². The van der Waals surface area contributed by atoms with E-state index in [0.717, 1.165) is 21.5 Å². The Hall–Kier alpha value is -3.74. The molecule has 6 rings (SSSR count). The minimum atomic E-state index is -4.61. The first kappa shape index (κ1) is 23.6. The molecule has 4 aromatic rings. The SMILES string of the molecule is CCc1cc2c(N3CCc4c(nc(-c5ccoc5)nc4C(F)(F)F)C3)nc(N3CCNC(=O)C3)nc2s1. The summed E-state index contributed by atoms with van der Waals surface area (Å²) >= 11 is 1.56. The van der Waals surface area contributed by atoms with Crippen LogP contribution < -0.4 is 15.1 Å². The van der Waals surface area contributed by atoms with Gasteiger partial charge in [0.2, 0.25) is 11.9 Å². The molecule has 192 valence electrons. The maximum atomic E-state index is 14.0. The van der Waals surface area contributed by atoms with E-state index in [-0.39, 0.29) is 36.8 Å². The van der Waals surface area contributed by atoms with Gasteiger partial charge in [0, 0.05) is 30.1 Å². The summed E-state index contributed by atoms with van der Waals surface area (Å²) in [5, 5.41) is 3.64. The fraction of sp³-hybridized carbons (Fsp3) is 0.375. The minimum Gasteiger partial charge on any atom is -0.472 e. The Kier molecular flexibility index (Phi) is 5.74. The molecule has 2 aliphatic rings. The topological polar surface area (TPSA) is 100 Å². The van der Waals surface area contributed by atoms with Gasteiger partial charge in [-0.05, 0) is 25.0 Å². The molecular weight excluding hydrogens is 507 g/mol. The maximum Gasteiger partial charge on any atom is 0.433 e. The zero-order valence-electron chi connectivity index (χ0n) is 19.8. The highest BCUT2D eigenvalue weighted by molar-refractivity contribution is 7.18. The van der Waals surface area contributed by atoms with Crippen LogP contribution in [0.2, 0.25) is 0 Å². The highest BCUT2D eigenvalue weighted by Gasteiger charge is 2.39. The molecule has 1 saturated heterocycles. The van der Waals surface area contributed by atoms with Crippen molar-refractivity contribution in [2.75, 3.05) is 36.0 Å². The normalized spacial score (nSPS) is 16.3. The summed E-state index contributed by atoms with van der Waals surface area (Å²) in [4.78, 5) is 35.6. The van der Waals surface area contributed by atoms with Crippen LogP contribution in [0.25, 0.3) is 21.6 Å². The van der Waals surface area contributed by atoms with E-state index in [4.69, 9.17) is 14.4 Å². The van der Waals surface area contributed by atoms with Crippen LogP contribution in [0.15, 0.2) is 29.1 Å². The molecule has 0 saturated carbocycles. The Bertz CT molecular complexity index is 1490. The van der Waals surface area contributed by atoms with Gasteiger partial charge in [0.05, 0.1) is 36.0 Å². The summed E-state index contributed by atoms with van der Waals surface area (Å²) in [6.07, 6.45) is -0.968. The third-order valence-corrected chi connectivity index (χ3v) is 7.67. The van der Waals surface area contributed by atoms with Gasteiger partial charge >= 0.3 is 6.18 Å². The Morgan fingerprint density at radius 2 is 2.00 bits per heavy atom. The van der Waals surface area contributed by atoms with E-state index in [2.05, 4.69) is 22.2 Å². The highest BCUT2D eigenvalue weighted by Crippen LogP contribution is 2.38. The number of nitrogens with one attached hydrogen (secondary N) is 1. The van der Waals surface area contributed by atoms with Crippen molar-refractivity contribution in [3.63, 3.8) is 0 Å². The summed E-state index contributed by atoms with van der Waals surface area (Å²) < 4.78 is 47.0. The molecule has 0 aromatic carbocycles. The molecule has 9 nitrogen and oxygen atoms in total. The molecule has 0 radical (unpaired) electrons. The number of carbonyl (C=O) groups excluding carboxylic acids is 1. The smallest absolute Gasteiger partial charge is 0.433 e. The number of halogens is 3. The molecule has 0 unspecified atom stereocenters. The first-order valence-electron chi connectivity index (χ1n) is 11.9. The summed E-state index contributed by atoms with van der Waals surface area (Å²) in [7, 11) is 0. The summed E-state index contributed by atoms with van der Waals surface area (Å²) in [6, 6.07) is 3.57. The molecule has 1 fully saturated rings. The molecule has 0 bridgehead atoms. The predicted octanol–water partition coefficient (Wildman–Crippen LogP) is 3.82. The van der Waals surface area contributed by atoms with Crippen LogP contribution >= 0.6 is 11.3 Å². The summed E-state index contributed by atoms with van der Waals surface area (Å²) in [6.45, 7) is 3.71. The van der Waals surface area contributed by atoms with E-state index < -0.39 is 11.9 Å². The molecule has 1 N–H and O–H groups in total. The van der Waals surface area contributed by atoms with Crippen molar-refractivity contribution in [2.24, 2.45) is 0 Å². The van der Waals surface area contributed by atoms with Gasteiger partial charge < -0.3 is 19.5 Å². The molecule has 6 heterocycles. The Labute approximate surface area is 213 Å². The van der Waals surface area contributed by atoms with Crippen LogP contribution in [0, 0.1) is 0 Å². The zero-order valence-corrected chi connectivity index (χ0v) is 20.6. The van der Waals surface area contributed by atoms with Gasteiger partial charge in [-0.2, -0.15) is 18.2 Å². The van der Waals surface area contributed by atoms with E-state index >= 15 is 0 Å². The molecule has 4 aromatic heterocycles. The third kappa shape index (κ3) is 4.37. The maximum absolute atomic E-state index is 14.0. The van der Waals surface area contributed by atoms with Gasteiger partial charge in [0.1, 0.15) is 16.9 Å². The number of carbonyl (C=O) groups is 1. The zero-order chi connectivity index (χ0) is 25.7. The number of anilines is 2. The number of furan rings is 1. The van der Waals surface area contributed by atoms with Gasteiger partial charge in [0.15, 0.2) is 11.5 Å². The molecule has 2 aliphatic heterocycles. The second-order valence-corrected chi connectivity index (χ2v) is 10.0. The molecular formula is C24H22F3N7O2S. The van der Waals surface area contributed by atoms with Crippen molar-refractivity contribution in [2.45, 2.75) is 32.5 Å². The van der Waals surface area contributed by atoms with E-state index in [1.54, 1.807) is 11.3 Å². The van der Waals surface area contributed by atoms with Gasteiger partial charge in [-0.1, -0.05) is 6.92 Å². The summed E-state index contributed by atoms with van der Waals surface area (Å²) in [5.41, 5.74) is -0.119. The predicted molar refractivity (Wildman–Crippen MR) is 132 cm³/mol. The van der Waals surface area contributed by atoms with Crippen LogP contribution in [0.4, 0.5) is 24.9 Å². The number of aromatic nitrogens is 4. The molecule has 0 spiro atoms. The van der Waals surface area contributed by atoms with Crippen molar-refractivity contribution < 1.29 is 22.4 Å². The fourth-order valence-corrected chi connectivity index (χ4v) is 5.63. The van der Waals surface area contributed by atoms with Crippen molar-refractivity contribution in [3.8, 4) is 11.4 Å². The number of piperazine rings is 1. The van der Waals surface area contributed by atoms with E-state index in [9.17, 15) is 18.0 Å². The Morgan fingerprint density at radius 1 is 1.14 bits per heavy atom. The molecule has 0 aliphatic carbocycles. The number of nitrogens with zero attached hydrogens (tertiary/aromatic N) is 6. The quantitative estimate of drug-likeness (QED) is 0.426. The van der Waals surface area contributed by atoms with Crippen molar-refractivity contribution in [1.29, 1.82) is 0 Å². The lowest BCUT2D eigenvalue weighted by molar-refractivity contribution is -0.142. The van der Waals surface area contributed by atoms with Crippen molar-refractivity contribution in [3.05, 3.63) is 46.5 Å². The molecule has 37 heavy (non-hydrogen) atoms. The second kappa shape index (κ2) is 8.98. The number of thiophene rings is 1. The number of amides is 1. The summed E-state index contributed by atoms with van der Waals surface area (Å²) in [5.74, 6) is 0.931. The lowest BCUT2D eigenvalue weighted by Crippen LogP contribution is -2.48. The van der Waals surface area contributed by atoms with E-state index in [1.165, 1.54) is 18.6 Å². The van der Waals surface area contributed by atoms with Crippen LogP contribution in [0.3, 0.4) is 0 Å². The van der Waals surface area contributed by atoms with Crippen LogP contribution in [-0.4, -0.2) is 52.0 Å². The molecule has 0 atom stereocenters.